The zero-order valence-electron chi connectivity index (χ0n) is 16.0. The first-order valence-electron chi connectivity index (χ1n) is 9.21. The molecule has 3 rings (SSSR count). The van der Waals surface area contributed by atoms with E-state index in [1.165, 1.54) is 6.92 Å². The van der Waals surface area contributed by atoms with Crippen molar-refractivity contribution in [2.75, 3.05) is 0 Å². The van der Waals surface area contributed by atoms with Crippen LogP contribution in [0.1, 0.15) is 31.4 Å². The van der Waals surface area contributed by atoms with E-state index in [0.717, 1.165) is 11.1 Å². The minimum Gasteiger partial charge on any atom is -0.448 e. The van der Waals surface area contributed by atoms with E-state index in [-0.39, 0.29) is 6.42 Å². The zero-order valence-corrected chi connectivity index (χ0v) is 16.0. The molecule has 0 spiro atoms. The van der Waals surface area contributed by atoms with Crippen molar-refractivity contribution in [2.24, 2.45) is 5.41 Å². The fourth-order valence-corrected chi connectivity index (χ4v) is 3.34. The van der Waals surface area contributed by atoms with Gasteiger partial charge < -0.3 is 15.4 Å². The van der Waals surface area contributed by atoms with Crippen molar-refractivity contribution >= 4 is 17.8 Å². The summed E-state index contributed by atoms with van der Waals surface area (Å²) < 4.78 is 5.38. The number of esters is 1. The summed E-state index contributed by atoms with van der Waals surface area (Å²) in [6.45, 7) is 3.69. The third-order valence-electron chi connectivity index (χ3n) is 5.03. The van der Waals surface area contributed by atoms with Crippen molar-refractivity contribution in [3.05, 3.63) is 71.8 Å². The highest BCUT2D eigenvalue weighted by Gasteiger charge is 2.59. The predicted molar refractivity (Wildman–Crippen MR) is 104 cm³/mol. The molecule has 1 heterocycles. The summed E-state index contributed by atoms with van der Waals surface area (Å²) in [5.41, 5.74) is -0.931. The quantitative estimate of drug-likeness (QED) is 0.595. The molecular formula is C22H24N2O4. The number of nitrogens with one attached hydrogen (secondary N) is 2. The number of benzene rings is 2. The lowest BCUT2D eigenvalue weighted by Gasteiger charge is -2.23. The van der Waals surface area contributed by atoms with E-state index in [1.54, 1.807) is 6.92 Å². The fourth-order valence-electron chi connectivity index (χ4n) is 3.34. The zero-order chi connectivity index (χ0) is 20.2. The molecule has 2 aromatic carbocycles. The lowest BCUT2D eigenvalue weighted by molar-refractivity contribution is -0.161. The number of ether oxygens (including phenoxy) is 1. The van der Waals surface area contributed by atoms with Crippen LogP contribution >= 0.6 is 0 Å². The normalized spacial score (nSPS) is 23.7. The molecule has 1 aliphatic heterocycles. The van der Waals surface area contributed by atoms with Gasteiger partial charge in [0.1, 0.15) is 5.41 Å². The third kappa shape index (κ3) is 4.06. The molecule has 1 aliphatic rings. The van der Waals surface area contributed by atoms with Gasteiger partial charge in [-0.3, -0.25) is 14.4 Å². The van der Waals surface area contributed by atoms with Crippen LogP contribution in [-0.2, 0) is 32.2 Å². The molecule has 0 radical (unpaired) electrons. The maximum absolute atomic E-state index is 12.7. The van der Waals surface area contributed by atoms with Crippen molar-refractivity contribution in [3.8, 4) is 0 Å². The van der Waals surface area contributed by atoms with E-state index in [4.69, 9.17) is 4.74 Å². The maximum Gasteiger partial charge on any atom is 0.322 e. The Hall–Kier alpha value is -3.15. The second-order valence-electron chi connectivity index (χ2n) is 7.47. The average Bonchev–Trinajstić information content (AvgIpc) is 2.96. The molecule has 2 N–H and O–H groups in total. The van der Waals surface area contributed by atoms with Gasteiger partial charge >= 0.3 is 5.97 Å². The van der Waals surface area contributed by atoms with Gasteiger partial charge in [0.2, 0.25) is 5.91 Å². The molecule has 28 heavy (non-hydrogen) atoms. The van der Waals surface area contributed by atoms with Crippen molar-refractivity contribution in [3.63, 3.8) is 0 Å². The number of carbonyl (C=O) groups excluding carboxylic acids is 3. The number of cyclic esters (lactones) is 1. The molecule has 0 aromatic heterocycles. The molecule has 2 amide bonds. The Morgan fingerprint density at radius 2 is 1.32 bits per heavy atom. The van der Waals surface area contributed by atoms with Gasteiger partial charge in [-0.2, -0.15) is 0 Å². The smallest absolute Gasteiger partial charge is 0.322 e. The second-order valence-corrected chi connectivity index (χ2v) is 7.47. The standard InChI is InChI=1S/C22H24N2O4/c1-21(18(25)23-13-16-9-5-3-6-10-16)15-22(2,28-20(21)27)19(26)24-14-17-11-7-4-8-12-17/h3-12H,13-15H2,1-2H3,(H,23,25)(H,24,26)/t21-,22-/m1/s1. The third-order valence-corrected chi connectivity index (χ3v) is 5.03. The number of hydrogen-bond donors (Lipinski definition) is 2. The molecule has 1 fully saturated rings. The van der Waals surface area contributed by atoms with Crippen molar-refractivity contribution in [1.82, 2.24) is 10.6 Å². The first kappa shape index (κ1) is 19.6. The van der Waals surface area contributed by atoms with Crippen LogP contribution in [0, 0.1) is 5.41 Å². The Bertz CT molecular complexity index is 869. The van der Waals surface area contributed by atoms with Crippen molar-refractivity contribution < 1.29 is 19.1 Å². The SMILES string of the molecule is C[C@]1(C(=O)NCc2ccccc2)C[C@](C)(C(=O)NCc2ccccc2)OC1=O. The molecule has 0 bridgehead atoms. The topological polar surface area (TPSA) is 84.5 Å². The van der Waals surface area contributed by atoms with Gasteiger partial charge in [-0.1, -0.05) is 60.7 Å². The van der Waals surface area contributed by atoms with Crippen LogP contribution in [0.3, 0.4) is 0 Å². The summed E-state index contributed by atoms with van der Waals surface area (Å²) >= 11 is 0. The van der Waals surface area contributed by atoms with Gasteiger partial charge in [0, 0.05) is 19.5 Å². The van der Waals surface area contributed by atoms with E-state index in [9.17, 15) is 14.4 Å². The predicted octanol–water partition coefficient (Wildman–Crippen LogP) is 2.33. The van der Waals surface area contributed by atoms with Crippen LogP contribution in [0.15, 0.2) is 60.7 Å². The summed E-state index contributed by atoms with van der Waals surface area (Å²) in [6.07, 6.45) is -0.0138. The summed E-state index contributed by atoms with van der Waals surface area (Å²) in [7, 11) is 0. The van der Waals surface area contributed by atoms with Crippen LogP contribution in [0.2, 0.25) is 0 Å². The van der Waals surface area contributed by atoms with E-state index in [1.807, 2.05) is 60.7 Å². The van der Waals surface area contributed by atoms with E-state index in [2.05, 4.69) is 10.6 Å². The van der Waals surface area contributed by atoms with E-state index in [0.29, 0.717) is 13.1 Å². The Kier molecular flexibility index (Phi) is 5.49. The molecule has 1 saturated heterocycles. The number of rotatable bonds is 6. The summed E-state index contributed by atoms with van der Waals surface area (Å²) in [5, 5.41) is 5.56. The lowest BCUT2D eigenvalue weighted by Crippen LogP contribution is -2.46. The van der Waals surface area contributed by atoms with Crippen LogP contribution < -0.4 is 10.6 Å². The number of amides is 2. The second kappa shape index (κ2) is 7.84. The molecule has 146 valence electrons. The lowest BCUT2D eigenvalue weighted by atomic mass is 9.81. The highest BCUT2D eigenvalue weighted by Crippen LogP contribution is 2.40. The van der Waals surface area contributed by atoms with Gasteiger partial charge in [0.25, 0.3) is 5.91 Å². The van der Waals surface area contributed by atoms with Crippen LogP contribution in [0.5, 0.6) is 0 Å². The number of carbonyl (C=O) groups is 3. The fraction of sp³-hybridized carbons (Fsp3) is 0.318. The van der Waals surface area contributed by atoms with Gasteiger partial charge in [-0.05, 0) is 25.0 Å². The minimum atomic E-state index is -1.41. The van der Waals surface area contributed by atoms with Gasteiger partial charge in [0.15, 0.2) is 5.60 Å². The molecule has 0 saturated carbocycles. The molecule has 6 nitrogen and oxygen atoms in total. The molecule has 6 heteroatoms. The molecule has 2 aromatic rings. The van der Waals surface area contributed by atoms with Gasteiger partial charge in [-0.15, -0.1) is 0 Å². The Morgan fingerprint density at radius 1 is 0.857 bits per heavy atom. The van der Waals surface area contributed by atoms with Crippen LogP contribution in [0.25, 0.3) is 0 Å². The summed E-state index contributed by atoms with van der Waals surface area (Å²) in [5.74, 6) is -1.54. The molecule has 0 aliphatic carbocycles. The maximum atomic E-state index is 12.7. The van der Waals surface area contributed by atoms with E-state index < -0.39 is 28.8 Å². The summed E-state index contributed by atoms with van der Waals surface area (Å²) in [6, 6.07) is 18.9. The van der Waals surface area contributed by atoms with Crippen LogP contribution in [-0.4, -0.2) is 23.4 Å². The van der Waals surface area contributed by atoms with Gasteiger partial charge in [-0.25, -0.2) is 0 Å². The van der Waals surface area contributed by atoms with Gasteiger partial charge in [0.05, 0.1) is 0 Å². The highest BCUT2D eigenvalue weighted by molar-refractivity contribution is 6.06. The Morgan fingerprint density at radius 3 is 1.82 bits per heavy atom. The molecule has 2 atom stereocenters. The van der Waals surface area contributed by atoms with Crippen LogP contribution in [0.4, 0.5) is 0 Å². The first-order valence-corrected chi connectivity index (χ1v) is 9.21. The molecule has 0 unspecified atom stereocenters. The average molecular weight is 380 g/mol. The summed E-state index contributed by atoms with van der Waals surface area (Å²) in [4.78, 5) is 37.8. The Balaban J connectivity index is 1.63. The Labute approximate surface area is 164 Å². The van der Waals surface area contributed by atoms with E-state index >= 15 is 0 Å². The van der Waals surface area contributed by atoms with Crippen molar-refractivity contribution in [2.45, 2.75) is 39.0 Å². The van der Waals surface area contributed by atoms with Crippen molar-refractivity contribution in [1.29, 1.82) is 0 Å². The minimum absolute atomic E-state index is 0.0138. The first-order chi connectivity index (χ1) is 13.3. The monoisotopic (exact) mass is 380 g/mol. The molecular weight excluding hydrogens is 356 g/mol. The highest BCUT2D eigenvalue weighted by atomic mass is 16.6. The number of hydrogen-bond acceptors (Lipinski definition) is 4. The largest absolute Gasteiger partial charge is 0.448 e.